The van der Waals surface area contributed by atoms with E-state index in [1.54, 1.807) is 0 Å². The van der Waals surface area contributed by atoms with Crippen LogP contribution in [0.2, 0.25) is 0 Å². The fourth-order valence-electron chi connectivity index (χ4n) is 3.13. The topological polar surface area (TPSA) is 77.6 Å². The first-order valence-corrected chi connectivity index (χ1v) is 8.92. The number of aromatic nitrogens is 5. The molecule has 166 valence electrons. The normalized spacial score (nSPS) is 12.3. The maximum atomic E-state index is 13.4. The fraction of sp³-hybridized carbons (Fsp3) is 0.158. The van der Waals surface area contributed by atoms with Gasteiger partial charge in [0.15, 0.2) is 0 Å². The van der Waals surface area contributed by atoms with E-state index in [1.165, 1.54) is 30.6 Å². The highest BCUT2D eigenvalue weighted by atomic mass is 19.4. The second-order valence-electron chi connectivity index (χ2n) is 6.63. The van der Waals surface area contributed by atoms with Crippen LogP contribution in [0.1, 0.15) is 11.4 Å². The second-order valence-corrected chi connectivity index (χ2v) is 6.63. The van der Waals surface area contributed by atoms with Crippen LogP contribution in [0.5, 0.6) is 0 Å². The number of amides is 1. The molecular weight excluding hydrogens is 442 g/mol. The van der Waals surface area contributed by atoms with Crippen LogP contribution in [-0.2, 0) is 23.7 Å². The van der Waals surface area contributed by atoms with E-state index >= 15 is 0 Å². The van der Waals surface area contributed by atoms with Crippen molar-refractivity contribution >= 4 is 22.6 Å². The van der Waals surface area contributed by atoms with Gasteiger partial charge in [0.05, 0.1) is 28.0 Å². The third kappa shape index (κ3) is 4.13. The Kier molecular flexibility index (Phi) is 5.11. The van der Waals surface area contributed by atoms with Crippen LogP contribution in [0, 0.1) is 0 Å². The minimum atomic E-state index is -4.85. The number of para-hydroxylation sites is 2. The van der Waals surface area contributed by atoms with Crippen molar-refractivity contribution in [3.63, 3.8) is 0 Å². The number of nitrogens with one attached hydrogen (secondary N) is 1. The maximum Gasteiger partial charge on any atom is 0.449 e. The van der Waals surface area contributed by atoms with E-state index in [9.17, 15) is 31.1 Å². The highest BCUT2D eigenvalue weighted by Crippen LogP contribution is 2.34. The molecule has 13 heteroatoms. The van der Waals surface area contributed by atoms with E-state index in [0.717, 1.165) is 23.1 Å². The predicted molar refractivity (Wildman–Crippen MR) is 99.7 cm³/mol. The molecule has 0 radical (unpaired) electrons. The molecule has 0 spiro atoms. The third-order valence-corrected chi connectivity index (χ3v) is 4.47. The van der Waals surface area contributed by atoms with Crippen molar-refractivity contribution < 1.29 is 31.1 Å². The number of nitrogens with zero attached hydrogens (tertiary/aromatic N) is 5. The molecule has 2 aromatic heterocycles. The number of fused-ring (bicyclic) bond motifs is 1. The Hall–Kier alpha value is -3.90. The molecule has 2 heterocycles. The van der Waals surface area contributed by atoms with Gasteiger partial charge in [-0.3, -0.25) is 4.79 Å². The number of carbonyl (C=O) groups is 1. The summed E-state index contributed by atoms with van der Waals surface area (Å²) in [5.74, 6) is -2.28. The Morgan fingerprint density at radius 3 is 2.41 bits per heavy atom. The summed E-state index contributed by atoms with van der Waals surface area (Å²) < 4.78 is 81.6. The zero-order valence-electron chi connectivity index (χ0n) is 15.8. The number of carbonyl (C=O) groups excluding carboxylic acids is 1. The number of halogens is 6. The van der Waals surface area contributed by atoms with Crippen molar-refractivity contribution in [1.82, 2.24) is 24.3 Å². The van der Waals surface area contributed by atoms with Gasteiger partial charge in [-0.1, -0.05) is 12.1 Å². The predicted octanol–water partition coefficient (Wildman–Crippen LogP) is 4.29. The smallest absolute Gasteiger partial charge is 0.323 e. The van der Waals surface area contributed by atoms with Gasteiger partial charge in [-0.05, 0) is 30.3 Å². The van der Waals surface area contributed by atoms with Crippen LogP contribution in [0.3, 0.4) is 0 Å². The Morgan fingerprint density at radius 2 is 1.75 bits per heavy atom. The quantitative estimate of drug-likeness (QED) is 0.467. The number of rotatable bonds is 4. The number of hydrogen-bond donors (Lipinski definition) is 1. The summed E-state index contributed by atoms with van der Waals surface area (Å²) >= 11 is 0. The molecule has 0 aliphatic rings. The highest BCUT2D eigenvalue weighted by Gasteiger charge is 2.38. The lowest BCUT2D eigenvalue weighted by Crippen LogP contribution is -2.24. The minimum absolute atomic E-state index is 0.0231. The molecular formula is C19H12F6N6O. The first kappa shape index (κ1) is 21.3. The van der Waals surface area contributed by atoms with Gasteiger partial charge in [-0.2, -0.15) is 31.4 Å². The summed E-state index contributed by atoms with van der Waals surface area (Å²) in [6.45, 7) is -0.831. The molecule has 7 nitrogen and oxygen atoms in total. The first-order valence-electron chi connectivity index (χ1n) is 8.92. The summed E-state index contributed by atoms with van der Waals surface area (Å²) in [7, 11) is 0. The molecule has 2 aromatic carbocycles. The average molecular weight is 454 g/mol. The first-order chi connectivity index (χ1) is 15.0. The number of alkyl halides is 6. The third-order valence-electron chi connectivity index (χ3n) is 4.47. The van der Waals surface area contributed by atoms with Crippen molar-refractivity contribution in [3.8, 4) is 5.69 Å². The Balaban J connectivity index is 1.71. The molecule has 0 atom stereocenters. The van der Waals surface area contributed by atoms with Crippen molar-refractivity contribution in [2.24, 2.45) is 0 Å². The molecule has 0 aliphatic heterocycles. The number of imidazole rings is 1. The summed E-state index contributed by atoms with van der Waals surface area (Å²) in [5.41, 5.74) is -1.23. The summed E-state index contributed by atoms with van der Waals surface area (Å²) in [6.07, 6.45) is -7.22. The molecule has 0 saturated carbocycles. The average Bonchev–Trinajstić information content (AvgIpc) is 3.35. The molecule has 0 fully saturated rings. The molecule has 0 saturated heterocycles. The standard InChI is InChI=1S/C19H12F6N6O/c20-18(21,22)11-5-6-15(31-10-26-9-27-31)13(7-11)28-16(32)8-30-14-4-2-1-3-12(14)29-17(30)19(23,24)25/h1-7,9-10H,8H2,(H,28,32). The van der Waals surface area contributed by atoms with E-state index in [0.29, 0.717) is 10.6 Å². The van der Waals surface area contributed by atoms with Gasteiger partial charge in [-0.25, -0.2) is 14.6 Å². The van der Waals surface area contributed by atoms with E-state index in [4.69, 9.17) is 0 Å². The lowest BCUT2D eigenvalue weighted by atomic mass is 10.1. The second kappa shape index (κ2) is 7.66. The minimum Gasteiger partial charge on any atom is -0.323 e. The van der Waals surface area contributed by atoms with Gasteiger partial charge in [0.1, 0.15) is 19.2 Å². The SMILES string of the molecule is O=C(Cn1c(C(F)(F)F)nc2ccccc21)Nc1cc(C(F)(F)F)ccc1-n1cncn1. The molecule has 1 amide bonds. The number of hydrogen-bond acceptors (Lipinski definition) is 4. The van der Waals surface area contributed by atoms with Gasteiger partial charge in [-0.15, -0.1) is 0 Å². The summed E-state index contributed by atoms with van der Waals surface area (Å²) in [5, 5.41) is 6.07. The molecule has 4 rings (SSSR count). The van der Waals surface area contributed by atoms with E-state index in [2.05, 4.69) is 20.4 Å². The summed E-state index contributed by atoms with van der Waals surface area (Å²) in [4.78, 5) is 19.9. The van der Waals surface area contributed by atoms with Crippen molar-refractivity contribution in [3.05, 3.63) is 66.5 Å². The molecule has 4 aromatic rings. The summed E-state index contributed by atoms with van der Waals surface area (Å²) in [6, 6.07) is 8.22. The zero-order valence-corrected chi connectivity index (χ0v) is 15.8. The zero-order chi connectivity index (χ0) is 23.1. The highest BCUT2D eigenvalue weighted by molar-refractivity contribution is 5.93. The Labute approximate surface area is 175 Å². The molecule has 0 aliphatic carbocycles. The van der Waals surface area contributed by atoms with E-state index < -0.39 is 36.2 Å². The molecule has 32 heavy (non-hydrogen) atoms. The van der Waals surface area contributed by atoms with Crippen LogP contribution in [0.15, 0.2) is 55.1 Å². The monoisotopic (exact) mass is 454 g/mol. The van der Waals surface area contributed by atoms with Gasteiger partial charge in [0, 0.05) is 0 Å². The van der Waals surface area contributed by atoms with E-state index in [-0.39, 0.29) is 22.4 Å². The maximum absolute atomic E-state index is 13.4. The fourth-order valence-corrected chi connectivity index (χ4v) is 3.13. The largest absolute Gasteiger partial charge is 0.449 e. The molecule has 1 N–H and O–H groups in total. The number of benzene rings is 2. The van der Waals surface area contributed by atoms with Crippen LogP contribution in [-0.4, -0.2) is 30.2 Å². The number of anilines is 1. The van der Waals surface area contributed by atoms with Crippen molar-refractivity contribution in [2.75, 3.05) is 5.32 Å². The molecule has 0 unspecified atom stereocenters. The lowest BCUT2D eigenvalue weighted by Gasteiger charge is -2.15. The van der Waals surface area contributed by atoms with Crippen LogP contribution >= 0.6 is 0 Å². The van der Waals surface area contributed by atoms with Gasteiger partial charge in [0.25, 0.3) is 0 Å². The van der Waals surface area contributed by atoms with Crippen LogP contribution in [0.25, 0.3) is 16.7 Å². The van der Waals surface area contributed by atoms with Gasteiger partial charge < -0.3 is 9.88 Å². The van der Waals surface area contributed by atoms with Crippen molar-refractivity contribution in [1.29, 1.82) is 0 Å². The Morgan fingerprint density at radius 1 is 1.00 bits per heavy atom. The van der Waals surface area contributed by atoms with Crippen LogP contribution in [0.4, 0.5) is 32.0 Å². The lowest BCUT2D eigenvalue weighted by molar-refractivity contribution is -0.147. The van der Waals surface area contributed by atoms with Gasteiger partial charge in [0.2, 0.25) is 11.7 Å². The Bertz CT molecular complexity index is 1280. The van der Waals surface area contributed by atoms with Crippen LogP contribution < -0.4 is 5.32 Å². The molecule has 0 bridgehead atoms. The van der Waals surface area contributed by atoms with Crippen molar-refractivity contribution in [2.45, 2.75) is 18.9 Å². The van der Waals surface area contributed by atoms with Gasteiger partial charge >= 0.3 is 12.4 Å². The van der Waals surface area contributed by atoms with E-state index in [1.807, 2.05) is 0 Å².